The van der Waals surface area contributed by atoms with E-state index in [9.17, 15) is 0 Å². The number of ether oxygens (including phenoxy) is 2. The van der Waals surface area contributed by atoms with E-state index in [-0.39, 0.29) is 30.1 Å². The van der Waals surface area contributed by atoms with Crippen molar-refractivity contribution in [2.45, 2.75) is 38.4 Å². The van der Waals surface area contributed by atoms with Gasteiger partial charge in [-0.15, -0.1) is 24.0 Å². The zero-order valence-electron chi connectivity index (χ0n) is 14.7. The second-order valence-corrected chi connectivity index (χ2v) is 5.79. The quantitative estimate of drug-likeness (QED) is 0.278. The van der Waals surface area contributed by atoms with Gasteiger partial charge in [0.1, 0.15) is 0 Å². The lowest BCUT2D eigenvalue weighted by atomic mass is 10.1. The van der Waals surface area contributed by atoms with Gasteiger partial charge in [-0.2, -0.15) is 0 Å². The Labute approximate surface area is 162 Å². The molecule has 1 aromatic rings. The Morgan fingerprint density at radius 1 is 1.33 bits per heavy atom. The van der Waals surface area contributed by atoms with Crippen LogP contribution >= 0.6 is 24.0 Å². The summed E-state index contributed by atoms with van der Waals surface area (Å²) in [5.74, 6) is 0.830. The van der Waals surface area contributed by atoms with E-state index < -0.39 is 0 Å². The first kappa shape index (κ1) is 21.2. The minimum Gasteiger partial charge on any atom is -0.376 e. The maximum Gasteiger partial charge on any atom is 0.191 e. The molecule has 6 heteroatoms. The van der Waals surface area contributed by atoms with Crippen LogP contribution in [0.15, 0.2) is 35.3 Å². The standard InChI is InChI=1S/C18H29N3O2.HI/c1-15(16-8-4-3-5-9-16)22-13-7-11-20-18(19-2)21-14-17-10-6-12-23-17;/h3-5,8-9,15,17H,6-7,10-14H2,1-2H3,(H2,19,20,21);1H. The van der Waals surface area contributed by atoms with Crippen molar-refractivity contribution in [2.75, 3.05) is 33.4 Å². The summed E-state index contributed by atoms with van der Waals surface area (Å²) in [4.78, 5) is 4.23. The first-order valence-corrected chi connectivity index (χ1v) is 8.52. The van der Waals surface area contributed by atoms with Gasteiger partial charge in [-0.1, -0.05) is 30.3 Å². The van der Waals surface area contributed by atoms with E-state index in [1.54, 1.807) is 7.05 Å². The van der Waals surface area contributed by atoms with Gasteiger partial charge in [-0.05, 0) is 31.7 Å². The number of hydrogen-bond acceptors (Lipinski definition) is 3. The molecule has 0 aliphatic carbocycles. The zero-order chi connectivity index (χ0) is 16.3. The average Bonchev–Trinajstić information content (AvgIpc) is 3.11. The molecule has 2 atom stereocenters. The molecule has 1 heterocycles. The van der Waals surface area contributed by atoms with Crippen LogP contribution in [0.1, 0.15) is 37.9 Å². The van der Waals surface area contributed by atoms with Gasteiger partial charge in [-0.25, -0.2) is 0 Å². The van der Waals surface area contributed by atoms with E-state index in [2.05, 4.69) is 34.7 Å². The van der Waals surface area contributed by atoms with Crippen LogP contribution in [0, 0.1) is 0 Å². The van der Waals surface area contributed by atoms with Crippen LogP contribution in [0.3, 0.4) is 0 Å². The van der Waals surface area contributed by atoms with E-state index >= 15 is 0 Å². The molecule has 1 saturated heterocycles. The van der Waals surface area contributed by atoms with Gasteiger partial charge < -0.3 is 20.1 Å². The molecule has 0 amide bonds. The molecule has 0 saturated carbocycles. The third kappa shape index (κ3) is 7.81. The van der Waals surface area contributed by atoms with Gasteiger partial charge >= 0.3 is 0 Å². The highest BCUT2D eigenvalue weighted by atomic mass is 127. The third-order valence-corrected chi connectivity index (χ3v) is 4.00. The lowest BCUT2D eigenvalue weighted by Gasteiger charge is -2.16. The minimum atomic E-state index is 0. The largest absolute Gasteiger partial charge is 0.376 e. The SMILES string of the molecule is CN=C(NCCCOC(C)c1ccccc1)NCC1CCCO1.I. The van der Waals surface area contributed by atoms with E-state index in [0.717, 1.165) is 51.5 Å². The predicted octanol–water partition coefficient (Wildman–Crippen LogP) is 3.12. The van der Waals surface area contributed by atoms with Crippen LogP contribution in [0.2, 0.25) is 0 Å². The molecule has 1 aliphatic heterocycles. The summed E-state index contributed by atoms with van der Waals surface area (Å²) in [6.07, 6.45) is 3.69. The van der Waals surface area contributed by atoms with E-state index in [1.807, 2.05) is 18.2 Å². The van der Waals surface area contributed by atoms with Crippen LogP contribution < -0.4 is 10.6 Å². The lowest BCUT2D eigenvalue weighted by Crippen LogP contribution is -2.41. The number of halogens is 1. The topological polar surface area (TPSA) is 54.9 Å². The van der Waals surface area contributed by atoms with Crippen molar-refractivity contribution in [1.29, 1.82) is 0 Å². The number of aliphatic imine (C=N–C) groups is 1. The average molecular weight is 447 g/mol. The van der Waals surface area contributed by atoms with Gasteiger partial charge in [0.15, 0.2) is 5.96 Å². The summed E-state index contributed by atoms with van der Waals surface area (Å²) in [5.41, 5.74) is 1.22. The molecule has 1 fully saturated rings. The highest BCUT2D eigenvalue weighted by molar-refractivity contribution is 14.0. The highest BCUT2D eigenvalue weighted by Crippen LogP contribution is 2.15. The molecule has 0 bridgehead atoms. The number of rotatable bonds is 8. The van der Waals surface area contributed by atoms with Crippen LogP contribution in [0.5, 0.6) is 0 Å². The van der Waals surface area contributed by atoms with Crippen molar-refractivity contribution < 1.29 is 9.47 Å². The summed E-state index contributed by atoms with van der Waals surface area (Å²) in [5, 5.41) is 6.62. The van der Waals surface area contributed by atoms with Crippen LogP contribution in [0.4, 0.5) is 0 Å². The van der Waals surface area contributed by atoms with Gasteiger partial charge in [-0.3, -0.25) is 4.99 Å². The number of nitrogens with zero attached hydrogens (tertiary/aromatic N) is 1. The number of nitrogens with one attached hydrogen (secondary N) is 2. The lowest BCUT2D eigenvalue weighted by molar-refractivity contribution is 0.0646. The number of benzene rings is 1. The van der Waals surface area contributed by atoms with Crippen molar-refractivity contribution in [2.24, 2.45) is 4.99 Å². The van der Waals surface area contributed by atoms with E-state index in [4.69, 9.17) is 9.47 Å². The van der Waals surface area contributed by atoms with Crippen molar-refractivity contribution in [3.63, 3.8) is 0 Å². The first-order valence-electron chi connectivity index (χ1n) is 8.52. The molecule has 5 nitrogen and oxygen atoms in total. The van der Waals surface area contributed by atoms with Crippen LogP contribution in [-0.2, 0) is 9.47 Å². The maximum absolute atomic E-state index is 5.86. The molecular formula is C18H30IN3O2. The van der Waals surface area contributed by atoms with Crippen molar-refractivity contribution in [3.05, 3.63) is 35.9 Å². The minimum absolute atomic E-state index is 0. The Morgan fingerprint density at radius 2 is 2.12 bits per heavy atom. The molecule has 2 unspecified atom stereocenters. The normalized spacial score (nSPS) is 18.8. The molecule has 0 aromatic heterocycles. The van der Waals surface area contributed by atoms with E-state index in [1.165, 1.54) is 5.56 Å². The predicted molar refractivity (Wildman–Crippen MR) is 109 cm³/mol. The summed E-state index contributed by atoms with van der Waals surface area (Å²) >= 11 is 0. The monoisotopic (exact) mass is 447 g/mol. The molecule has 0 spiro atoms. The second-order valence-electron chi connectivity index (χ2n) is 5.79. The molecule has 1 aromatic carbocycles. The molecule has 24 heavy (non-hydrogen) atoms. The van der Waals surface area contributed by atoms with Gasteiger partial charge in [0.05, 0.1) is 12.2 Å². The maximum atomic E-state index is 5.86. The molecule has 0 radical (unpaired) electrons. The van der Waals surface area contributed by atoms with Crippen molar-refractivity contribution in [1.82, 2.24) is 10.6 Å². The highest BCUT2D eigenvalue weighted by Gasteiger charge is 2.15. The molecule has 136 valence electrons. The Kier molecular flexibility index (Phi) is 11.0. The summed E-state index contributed by atoms with van der Waals surface area (Å²) in [6, 6.07) is 10.3. The molecule has 1 aliphatic rings. The van der Waals surface area contributed by atoms with Gasteiger partial charge in [0.2, 0.25) is 0 Å². The van der Waals surface area contributed by atoms with E-state index in [0.29, 0.717) is 6.10 Å². The number of guanidine groups is 1. The molecule has 2 N–H and O–H groups in total. The third-order valence-electron chi connectivity index (χ3n) is 4.00. The Hall–Kier alpha value is -0.860. The zero-order valence-corrected chi connectivity index (χ0v) is 17.0. The Balaban J connectivity index is 0.00000288. The fraction of sp³-hybridized carbons (Fsp3) is 0.611. The summed E-state index contributed by atoms with van der Waals surface area (Å²) in [6.45, 7) is 5.36. The fourth-order valence-corrected chi connectivity index (χ4v) is 2.60. The summed E-state index contributed by atoms with van der Waals surface area (Å²) in [7, 11) is 1.79. The van der Waals surface area contributed by atoms with Crippen molar-refractivity contribution in [3.8, 4) is 0 Å². The molecular weight excluding hydrogens is 417 g/mol. The van der Waals surface area contributed by atoms with Gasteiger partial charge in [0.25, 0.3) is 0 Å². The molecule has 2 rings (SSSR count). The number of hydrogen-bond donors (Lipinski definition) is 2. The Morgan fingerprint density at radius 3 is 2.79 bits per heavy atom. The smallest absolute Gasteiger partial charge is 0.191 e. The summed E-state index contributed by atoms with van der Waals surface area (Å²) < 4.78 is 11.5. The Bertz CT molecular complexity index is 465. The second kappa shape index (κ2) is 12.5. The van der Waals surface area contributed by atoms with Crippen molar-refractivity contribution >= 4 is 29.9 Å². The fourth-order valence-electron chi connectivity index (χ4n) is 2.60. The first-order chi connectivity index (χ1) is 11.3. The van der Waals surface area contributed by atoms with Crippen LogP contribution in [0.25, 0.3) is 0 Å². The van der Waals surface area contributed by atoms with Gasteiger partial charge in [0, 0.05) is 33.4 Å². The van der Waals surface area contributed by atoms with Crippen LogP contribution in [-0.4, -0.2) is 45.4 Å².